The van der Waals surface area contributed by atoms with E-state index in [2.05, 4.69) is 11.0 Å². The zero-order valence-corrected chi connectivity index (χ0v) is 11.8. The number of carbonyl (C=O) groups excluding carboxylic acids is 1. The third-order valence-corrected chi connectivity index (χ3v) is 5.16. The molecule has 0 radical (unpaired) electrons. The first-order valence-electron chi connectivity index (χ1n) is 7.84. The summed E-state index contributed by atoms with van der Waals surface area (Å²) < 4.78 is 5.40. The van der Waals surface area contributed by atoms with Gasteiger partial charge in [0.15, 0.2) is 0 Å². The first-order chi connectivity index (χ1) is 9.31. The molecule has 1 aliphatic heterocycles. The molecule has 1 atom stereocenters. The van der Waals surface area contributed by atoms with Gasteiger partial charge in [-0.15, -0.1) is 0 Å². The lowest BCUT2D eigenvalue weighted by atomic mass is 9.74. The Morgan fingerprint density at radius 1 is 1.21 bits per heavy atom. The molecule has 2 fully saturated rings. The zero-order chi connectivity index (χ0) is 13.1. The van der Waals surface area contributed by atoms with Gasteiger partial charge >= 0.3 is 0 Å². The summed E-state index contributed by atoms with van der Waals surface area (Å²) in [7, 11) is 0. The minimum Gasteiger partial charge on any atom is -0.379 e. The molecule has 3 nitrogen and oxygen atoms in total. The standard InChI is InChI=1S/C16H25NO2/c18-15-6-3-7-16(15,14-4-1-2-5-14)8-9-17-10-12-19-13-11-17/h4H,1-3,5-13H2. The van der Waals surface area contributed by atoms with Crippen molar-refractivity contribution >= 4 is 5.78 Å². The van der Waals surface area contributed by atoms with Crippen molar-refractivity contribution in [2.45, 2.75) is 44.9 Å². The van der Waals surface area contributed by atoms with Crippen LogP contribution in [0.2, 0.25) is 0 Å². The highest BCUT2D eigenvalue weighted by atomic mass is 16.5. The van der Waals surface area contributed by atoms with Crippen LogP contribution in [0.4, 0.5) is 0 Å². The lowest BCUT2D eigenvalue weighted by molar-refractivity contribution is -0.124. The molecule has 0 aromatic heterocycles. The molecule has 3 aliphatic rings. The van der Waals surface area contributed by atoms with Gasteiger partial charge in [-0.2, -0.15) is 0 Å². The smallest absolute Gasteiger partial charge is 0.143 e. The second-order valence-corrected chi connectivity index (χ2v) is 6.18. The second kappa shape index (κ2) is 5.76. The van der Waals surface area contributed by atoms with E-state index in [4.69, 9.17) is 4.74 Å². The largest absolute Gasteiger partial charge is 0.379 e. The molecule has 0 amide bonds. The summed E-state index contributed by atoms with van der Waals surface area (Å²) in [6, 6.07) is 0. The lowest BCUT2D eigenvalue weighted by Crippen LogP contribution is -2.40. The Morgan fingerprint density at radius 3 is 2.68 bits per heavy atom. The average Bonchev–Trinajstić information content (AvgIpc) is 3.08. The number of nitrogens with zero attached hydrogens (tertiary/aromatic N) is 1. The van der Waals surface area contributed by atoms with Crippen molar-refractivity contribution in [2.24, 2.45) is 5.41 Å². The van der Waals surface area contributed by atoms with E-state index >= 15 is 0 Å². The third-order valence-electron chi connectivity index (χ3n) is 5.16. The minimum absolute atomic E-state index is 0.0746. The number of allylic oxidation sites excluding steroid dienone is 2. The first kappa shape index (κ1) is 13.3. The molecule has 0 N–H and O–H groups in total. The number of Topliss-reactive ketones (excluding diaryl/α,β-unsaturated/α-hetero) is 1. The summed E-state index contributed by atoms with van der Waals surface area (Å²) in [5, 5.41) is 0. The van der Waals surface area contributed by atoms with E-state index < -0.39 is 0 Å². The molecule has 3 heteroatoms. The third kappa shape index (κ3) is 2.63. The Kier molecular flexibility index (Phi) is 4.04. The van der Waals surface area contributed by atoms with Crippen molar-refractivity contribution in [1.82, 2.24) is 4.90 Å². The molecule has 0 spiro atoms. The molecule has 0 aromatic carbocycles. The van der Waals surface area contributed by atoms with Gasteiger partial charge < -0.3 is 4.74 Å². The van der Waals surface area contributed by atoms with Crippen molar-refractivity contribution in [3.05, 3.63) is 11.6 Å². The molecule has 0 aromatic rings. The minimum atomic E-state index is -0.0746. The molecule has 0 bridgehead atoms. The fourth-order valence-electron chi connectivity index (χ4n) is 3.97. The van der Waals surface area contributed by atoms with Gasteiger partial charge in [-0.25, -0.2) is 0 Å². The summed E-state index contributed by atoms with van der Waals surface area (Å²) in [6.07, 6.45) is 10.0. The number of morpholine rings is 1. The number of ether oxygens (including phenoxy) is 1. The van der Waals surface area contributed by atoms with Crippen LogP contribution in [0, 0.1) is 5.41 Å². The van der Waals surface area contributed by atoms with Gasteiger partial charge in [-0.05, 0) is 45.1 Å². The monoisotopic (exact) mass is 263 g/mol. The molecule has 2 aliphatic carbocycles. The van der Waals surface area contributed by atoms with Crippen LogP contribution in [0.15, 0.2) is 11.6 Å². The van der Waals surface area contributed by atoms with Crippen LogP contribution >= 0.6 is 0 Å². The molecule has 106 valence electrons. The van der Waals surface area contributed by atoms with E-state index in [0.29, 0.717) is 5.78 Å². The summed E-state index contributed by atoms with van der Waals surface area (Å²) in [6.45, 7) is 4.83. The van der Waals surface area contributed by atoms with E-state index in [0.717, 1.165) is 65.0 Å². The number of rotatable bonds is 4. The Hall–Kier alpha value is -0.670. The number of ketones is 1. The van der Waals surface area contributed by atoms with Crippen molar-refractivity contribution in [1.29, 1.82) is 0 Å². The maximum Gasteiger partial charge on any atom is 0.143 e. The predicted molar refractivity (Wildman–Crippen MR) is 75.1 cm³/mol. The Morgan fingerprint density at radius 2 is 2.05 bits per heavy atom. The first-order valence-corrected chi connectivity index (χ1v) is 7.84. The van der Waals surface area contributed by atoms with Crippen molar-refractivity contribution in [2.75, 3.05) is 32.8 Å². The SMILES string of the molecule is O=C1CCCC1(CCN1CCOCC1)C1=CCCC1. The Bertz CT molecular complexity index is 371. The molecular formula is C16H25NO2. The average molecular weight is 263 g/mol. The zero-order valence-electron chi connectivity index (χ0n) is 11.8. The maximum atomic E-state index is 12.5. The Balaban J connectivity index is 1.67. The predicted octanol–water partition coefficient (Wildman–Crippen LogP) is 2.56. The van der Waals surface area contributed by atoms with Crippen LogP contribution in [0.1, 0.15) is 44.9 Å². The molecule has 19 heavy (non-hydrogen) atoms. The summed E-state index contributed by atoms with van der Waals surface area (Å²) in [5.41, 5.74) is 1.40. The molecule has 1 heterocycles. The summed E-state index contributed by atoms with van der Waals surface area (Å²) >= 11 is 0. The number of carbonyl (C=O) groups is 1. The fraction of sp³-hybridized carbons (Fsp3) is 0.812. The van der Waals surface area contributed by atoms with Gasteiger partial charge in [0.25, 0.3) is 0 Å². The van der Waals surface area contributed by atoms with E-state index in [-0.39, 0.29) is 5.41 Å². The Labute approximate surface area is 116 Å². The van der Waals surface area contributed by atoms with Crippen LogP contribution in [0.25, 0.3) is 0 Å². The van der Waals surface area contributed by atoms with E-state index in [9.17, 15) is 4.79 Å². The van der Waals surface area contributed by atoms with Crippen LogP contribution in [-0.2, 0) is 9.53 Å². The molecule has 3 rings (SSSR count). The summed E-state index contributed by atoms with van der Waals surface area (Å²) in [5.74, 6) is 0.522. The lowest BCUT2D eigenvalue weighted by Gasteiger charge is -2.34. The van der Waals surface area contributed by atoms with Crippen LogP contribution in [-0.4, -0.2) is 43.5 Å². The van der Waals surface area contributed by atoms with Crippen LogP contribution < -0.4 is 0 Å². The summed E-state index contributed by atoms with van der Waals surface area (Å²) in [4.78, 5) is 14.9. The van der Waals surface area contributed by atoms with Crippen LogP contribution in [0.5, 0.6) is 0 Å². The highest BCUT2D eigenvalue weighted by molar-refractivity contribution is 5.90. The van der Waals surface area contributed by atoms with Gasteiger partial charge in [0.05, 0.1) is 18.6 Å². The van der Waals surface area contributed by atoms with Crippen LogP contribution in [0.3, 0.4) is 0 Å². The van der Waals surface area contributed by atoms with Gasteiger partial charge in [0, 0.05) is 19.5 Å². The van der Waals surface area contributed by atoms with Gasteiger partial charge in [0.1, 0.15) is 5.78 Å². The van der Waals surface area contributed by atoms with Gasteiger partial charge in [-0.3, -0.25) is 9.69 Å². The van der Waals surface area contributed by atoms with E-state index in [1.807, 2.05) is 0 Å². The highest BCUT2D eigenvalue weighted by Gasteiger charge is 2.44. The number of hydrogen-bond acceptors (Lipinski definition) is 3. The highest BCUT2D eigenvalue weighted by Crippen LogP contribution is 2.48. The van der Waals surface area contributed by atoms with Gasteiger partial charge in [-0.1, -0.05) is 11.6 Å². The fourth-order valence-corrected chi connectivity index (χ4v) is 3.97. The van der Waals surface area contributed by atoms with Gasteiger partial charge in [0.2, 0.25) is 0 Å². The van der Waals surface area contributed by atoms with Crippen molar-refractivity contribution in [3.63, 3.8) is 0 Å². The topological polar surface area (TPSA) is 29.5 Å². The van der Waals surface area contributed by atoms with Crippen molar-refractivity contribution < 1.29 is 9.53 Å². The molecule has 1 unspecified atom stereocenters. The second-order valence-electron chi connectivity index (χ2n) is 6.18. The maximum absolute atomic E-state index is 12.5. The quantitative estimate of drug-likeness (QED) is 0.730. The van der Waals surface area contributed by atoms with Crippen molar-refractivity contribution in [3.8, 4) is 0 Å². The molecule has 1 saturated heterocycles. The van der Waals surface area contributed by atoms with E-state index in [1.54, 1.807) is 0 Å². The molecular weight excluding hydrogens is 238 g/mol. The normalized spacial score (nSPS) is 32.8. The molecule has 1 saturated carbocycles. The van der Waals surface area contributed by atoms with E-state index in [1.165, 1.54) is 18.4 Å². The number of hydrogen-bond donors (Lipinski definition) is 0.